The van der Waals surface area contributed by atoms with Gasteiger partial charge in [0.1, 0.15) is 5.69 Å². The zero-order valence-corrected chi connectivity index (χ0v) is 14.6. The van der Waals surface area contributed by atoms with Gasteiger partial charge >= 0.3 is 5.97 Å². The molecule has 2 rings (SSSR count). The fourth-order valence-corrected chi connectivity index (χ4v) is 2.08. The van der Waals surface area contributed by atoms with Crippen molar-refractivity contribution < 1.29 is 23.9 Å². The first-order valence-corrected chi connectivity index (χ1v) is 7.85. The Morgan fingerprint density at radius 1 is 1.00 bits per heavy atom. The Hall–Kier alpha value is -3.42. The van der Waals surface area contributed by atoms with Crippen LogP contribution in [-0.2, 0) is 14.3 Å². The van der Waals surface area contributed by atoms with Gasteiger partial charge in [-0.1, -0.05) is 0 Å². The molecule has 0 fully saturated rings. The second-order valence-corrected chi connectivity index (χ2v) is 5.65. The highest BCUT2D eigenvalue weighted by Gasteiger charge is 2.20. The Bertz CT molecular complexity index is 839. The molecule has 0 saturated carbocycles. The number of anilines is 2. The van der Waals surface area contributed by atoms with Crippen LogP contribution >= 0.6 is 0 Å². The summed E-state index contributed by atoms with van der Waals surface area (Å²) in [4.78, 5) is 49.0. The number of Topliss-reactive ketones (excluding diaryl/α,β-unsaturated/α-hetero) is 1. The van der Waals surface area contributed by atoms with Crippen LogP contribution in [0.3, 0.4) is 0 Å². The zero-order chi connectivity index (χ0) is 19.3. The predicted molar refractivity (Wildman–Crippen MR) is 95.1 cm³/mol. The van der Waals surface area contributed by atoms with E-state index < -0.39 is 18.0 Å². The van der Waals surface area contributed by atoms with Crippen LogP contribution in [0.2, 0.25) is 0 Å². The molecule has 8 nitrogen and oxygen atoms in total. The van der Waals surface area contributed by atoms with Gasteiger partial charge in [0.05, 0.1) is 0 Å². The highest BCUT2D eigenvalue weighted by molar-refractivity contribution is 5.99. The Kier molecular flexibility index (Phi) is 5.90. The molecule has 0 aliphatic heterocycles. The number of carbonyl (C=O) groups is 4. The van der Waals surface area contributed by atoms with Gasteiger partial charge in [-0.3, -0.25) is 14.4 Å². The van der Waals surface area contributed by atoms with E-state index in [4.69, 9.17) is 4.74 Å². The summed E-state index contributed by atoms with van der Waals surface area (Å²) in [7, 11) is 0. The van der Waals surface area contributed by atoms with E-state index in [9.17, 15) is 19.2 Å². The van der Waals surface area contributed by atoms with Gasteiger partial charge in [-0.15, -0.1) is 0 Å². The number of esters is 1. The number of H-pyrrole nitrogens is 1. The minimum atomic E-state index is -1.04. The van der Waals surface area contributed by atoms with Crippen molar-refractivity contribution in [1.82, 2.24) is 4.98 Å². The van der Waals surface area contributed by atoms with Gasteiger partial charge in [-0.05, 0) is 44.2 Å². The van der Waals surface area contributed by atoms with E-state index in [0.29, 0.717) is 16.9 Å². The third kappa shape index (κ3) is 5.04. The quantitative estimate of drug-likeness (QED) is 0.542. The molecule has 26 heavy (non-hydrogen) atoms. The molecule has 1 aromatic carbocycles. The van der Waals surface area contributed by atoms with E-state index in [1.807, 2.05) is 0 Å². The Balaban J connectivity index is 1.93. The van der Waals surface area contributed by atoms with E-state index >= 15 is 0 Å². The molecule has 2 aromatic rings. The first-order valence-electron chi connectivity index (χ1n) is 7.85. The molecule has 1 heterocycles. The summed E-state index contributed by atoms with van der Waals surface area (Å²) < 4.78 is 5.09. The van der Waals surface area contributed by atoms with Crippen molar-refractivity contribution >= 4 is 34.9 Å². The number of benzene rings is 1. The summed E-state index contributed by atoms with van der Waals surface area (Å²) in [6, 6.07) is 7.87. The molecule has 1 aromatic heterocycles. The number of carbonyl (C=O) groups excluding carboxylic acids is 4. The van der Waals surface area contributed by atoms with Crippen molar-refractivity contribution in [3.63, 3.8) is 0 Å². The van der Waals surface area contributed by atoms with Crippen LogP contribution in [-0.4, -0.2) is 34.7 Å². The summed E-state index contributed by atoms with van der Waals surface area (Å²) in [6.45, 7) is 4.22. The normalized spacial score (nSPS) is 11.3. The van der Waals surface area contributed by atoms with Crippen molar-refractivity contribution in [1.29, 1.82) is 0 Å². The number of hydrogen-bond acceptors (Lipinski definition) is 5. The lowest BCUT2D eigenvalue weighted by Crippen LogP contribution is -2.30. The van der Waals surface area contributed by atoms with E-state index in [2.05, 4.69) is 15.6 Å². The number of ketones is 1. The smallest absolute Gasteiger partial charge is 0.355 e. The fraction of sp³-hybridized carbons (Fsp3) is 0.222. The van der Waals surface area contributed by atoms with Crippen LogP contribution < -0.4 is 10.6 Å². The molecule has 8 heteroatoms. The molecule has 3 N–H and O–H groups in total. The van der Waals surface area contributed by atoms with Crippen LogP contribution in [0.15, 0.2) is 36.5 Å². The molecule has 2 amide bonds. The molecule has 0 aliphatic carbocycles. The van der Waals surface area contributed by atoms with Gasteiger partial charge in [0.25, 0.3) is 5.91 Å². The molecule has 0 radical (unpaired) electrons. The minimum absolute atomic E-state index is 0.0921. The lowest BCUT2D eigenvalue weighted by atomic mass is 10.2. The number of ether oxygens (including phenoxy) is 1. The number of aromatic amines is 1. The molecule has 0 unspecified atom stereocenters. The van der Waals surface area contributed by atoms with Crippen molar-refractivity contribution in [2.45, 2.75) is 26.9 Å². The third-order valence-corrected chi connectivity index (χ3v) is 3.44. The maximum atomic E-state index is 12.1. The Morgan fingerprint density at radius 3 is 2.08 bits per heavy atom. The van der Waals surface area contributed by atoms with Crippen LogP contribution in [0, 0.1) is 0 Å². The lowest BCUT2D eigenvalue weighted by molar-refractivity contribution is -0.123. The highest BCUT2D eigenvalue weighted by atomic mass is 16.5. The molecular formula is C18H19N3O5. The van der Waals surface area contributed by atoms with Crippen LogP contribution in [0.1, 0.15) is 41.6 Å². The largest absolute Gasteiger partial charge is 0.448 e. The first-order chi connectivity index (χ1) is 12.3. The van der Waals surface area contributed by atoms with Gasteiger partial charge in [0.2, 0.25) is 5.91 Å². The van der Waals surface area contributed by atoms with Gasteiger partial charge in [-0.25, -0.2) is 4.79 Å². The van der Waals surface area contributed by atoms with Crippen molar-refractivity contribution in [2.75, 3.05) is 10.6 Å². The highest BCUT2D eigenvalue weighted by Crippen LogP contribution is 2.14. The standard InChI is InChI=1S/C18H19N3O5/c1-10(22)13-8-16(19-9-13)18(25)26-11(2)17(24)21-15-6-4-14(5-7-15)20-12(3)23/h4-9,11,19H,1-3H3,(H,20,23)(H,21,24)/t11-/m1/s1. The van der Waals surface area contributed by atoms with E-state index in [0.717, 1.165) is 0 Å². The summed E-state index contributed by atoms with van der Waals surface area (Å²) >= 11 is 0. The topological polar surface area (TPSA) is 117 Å². The summed E-state index contributed by atoms with van der Waals surface area (Å²) in [5.41, 5.74) is 1.54. The number of hydrogen-bond donors (Lipinski definition) is 3. The first kappa shape index (κ1) is 18.9. The number of rotatable bonds is 6. The summed E-state index contributed by atoms with van der Waals surface area (Å²) in [6.07, 6.45) is 0.363. The van der Waals surface area contributed by atoms with E-state index in [1.165, 1.54) is 33.0 Å². The second kappa shape index (κ2) is 8.11. The van der Waals surface area contributed by atoms with Gasteiger partial charge in [0.15, 0.2) is 11.9 Å². The molecule has 1 atom stereocenters. The van der Waals surface area contributed by atoms with E-state index in [-0.39, 0.29) is 17.4 Å². The number of nitrogens with one attached hydrogen (secondary N) is 3. The third-order valence-electron chi connectivity index (χ3n) is 3.44. The molecule has 0 aliphatic rings. The SMILES string of the molecule is CC(=O)Nc1ccc(NC(=O)[C@@H](C)OC(=O)c2cc(C(C)=O)c[nH]2)cc1. The van der Waals surface area contributed by atoms with Gasteiger partial charge in [0, 0.05) is 30.1 Å². The maximum Gasteiger partial charge on any atom is 0.355 e. The second-order valence-electron chi connectivity index (χ2n) is 5.65. The molecule has 0 bridgehead atoms. The minimum Gasteiger partial charge on any atom is -0.448 e. The van der Waals surface area contributed by atoms with Gasteiger partial charge < -0.3 is 20.4 Å². The monoisotopic (exact) mass is 357 g/mol. The number of amides is 2. The van der Waals surface area contributed by atoms with Crippen molar-refractivity contribution in [3.8, 4) is 0 Å². The molecule has 0 spiro atoms. The number of aromatic nitrogens is 1. The summed E-state index contributed by atoms with van der Waals surface area (Å²) in [5.74, 6) is -1.63. The van der Waals surface area contributed by atoms with Crippen molar-refractivity contribution in [3.05, 3.63) is 47.8 Å². The molecule has 136 valence electrons. The maximum absolute atomic E-state index is 12.1. The van der Waals surface area contributed by atoms with Crippen LogP contribution in [0.25, 0.3) is 0 Å². The van der Waals surface area contributed by atoms with Crippen molar-refractivity contribution in [2.24, 2.45) is 0 Å². The Labute approximate surface area is 149 Å². The fourth-order valence-electron chi connectivity index (χ4n) is 2.08. The lowest BCUT2D eigenvalue weighted by Gasteiger charge is -2.13. The van der Waals surface area contributed by atoms with Crippen LogP contribution in [0.4, 0.5) is 11.4 Å². The van der Waals surface area contributed by atoms with Crippen LogP contribution in [0.5, 0.6) is 0 Å². The Morgan fingerprint density at radius 2 is 1.58 bits per heavy atom. The molecular weight excluding hydrogens is 338 g/mol. The zero-order valence-electron chi connectivity index (χ0n) is 14.6. The summed E-state index contributed by atoms with van der Waals surface area (Å²) in [5, 5.41) is 5.22. The predicted octanol–water partition coefficient (Wildman–Crippen LogP) is 2.36. The van der Waals surface area contributed by atoms with Gasteiger partial charge in [-0.2, -0.15) is 0 Å². The molecule has 0 saturated heterocycles. The average Bonchev–Trinajstić information content (AvgIpc) is 3.06. The van der Waals surface area contributed by atoms with E-state index in [1.54, 1.807) is 24.3 Å². The average molecular weight is 357 g/mol.